The zero-order valence-corrected chi connectivity index (χ0v) is 14.2. The van der Waals surface area contributed by atoms with Crippen molar-refractivity contribution in [2.45, 2.75) is 39.8 Å². The van der Waals surface area contributed by atoms with Crippen LogP contribution in [0, 0.1) is 0 Å². The highest BCUT2D eigenvalue weighted by atomic mass is 32.1. The normalized spacial score (nSPS) is 11.6. The van der Waals surface area contributed by atoms with Crippen LogP contribution >= 0.6 is 11.3 Å². The van der Waals surface area contributed by atoms with Gasteiger partial charge in [0.2, 0.25) is 0 Å². The summed E-state index contributed by atoms with van der Waals surface area (Å²) in [6, 6.07) is 6.32. The first kappa shape index (κ1) is 16.5. The lowest BCUT2D eigenvalue weighted by atomic mass is 10.4. The molecule has 0 aliphatic carbocycles. The Morgan fingerprint density at radius 1 is 1.27 bits per heavy atom. The second kappa shape index (κ2) is 9.25. The fourth-order valence-electron chi connectivity index (χ4n) is 2.08. The van der Waals surface area contributed by atoms with Crippen LogP contribution in [0.4, 0.5) is 0 Å². The Bertz CT molecular complexity index is 559. The van der Waals surface area contributed by atoms with Crippen LogP contribution in [0.2, 0.25) is 0 Å². The smallest absolute Gasteiger partial charge is 0.191 e. The molecule has 5 nitrogen and oxygen atoms in total. The standard InChI is InChI=1S/C16H25N5S/c1-3-14-7-8-15(22-14)13-19-16(17-4-2)18-9-5-11-21-12-6-10-20-21/h6-8,10,12H,3-5,9,11,13H2,1-2H3,(H2,17,18,19). The van der Waals surface area contributed by atoms with E-state index in [0.29, 0.717) is 0 Å². The van der Waals surface area contributed by atoms with Crippen molar-refractivity contribution >= 4 is 17.3 Å². The Balaban J connectivity index is 1.76. The monoisotopic (exact) mass is 319 g/mol. The molecule has 0 bridgehead atoms. The van der Waals surface area contributed by atoms with E-state index in [1.54, 1.807) is 0 Å². The summed E-state index contributed by atoms with van der Waals surface area (Å²) in [4.78, 5) is 7.38. The topological polar surface area (TPSA) is 54.2 Å². The van der Waals surface area contributed by atoms with Gasteiger partial charge in [-0.25, -0.2) is 4.99 Å². The molecule has 0 saturated carbocycles. The second-order valence-electron chi connectivity index (χ2n) is 4.97. The Morgan fingerprint density at radius 3 is 2.82 bits per heavy atom. The number of nitrogens with one attached hydrogen (secondary N) is 2. The summed E-state index contributed by atoms with van der Waals surface area (Å²) >= 11 is 1.85. The zero-order chi connectivity index (χ0) is 15.6. The lowest BCUT2D eigenvalue weighted by Gasteiger charge is -2.11. The van der Waals surface area contributed by atoms with E-state index >= 15 is 0 Å². The highest BCUT2D eigenvalue weighted by Gasteiger charge is 2.00. The zero-order valence-electron chi connectivity index (χ0n) is 13.4. The fraction of sp³-hybridized carbons (Fsp3) is 0.500. The molecule has 2 N–H and O–H groups in total. The molecule has 2 heterocycles. The second-order valence-corrected chi connectivity index (χ2v) is 6.22. The van der Waals surface area contributed by atoms with Gasteiger partial charge in [-0.2, -0.15) is 5.10 Å². The van der Waals surface area contributed by atoms with Gasteiger partial charge in [0.25, 0.3) is 0 Å². The predicted octanol–water partition coefficient (Wildman–Crippen LogP) is 2.65. The van der Waals surface area contributed by atoms with E-state index in [1.165, 1.54) is 9.75 Å². The minimum atomic E-state index is 0.735. The first-order chi connectivity index (χ1) is 10.8. The number of thiophene rings is 1. The van der Waals surface area contributed by atoms with Gasteiger partial charge in [0, 0.05) is 41.8 Å². The molecular weight excluding hydrogens is 294 g/mol. The van der Waals surface area contributed by atoms with Gasteiger partial charge >= 0.3 is 0 Å². The molecule has 0 aliphatic heterocycles. The molecule has 2 aromatic rings. The summed E-state index contributed by atoms with van der Waals surface area (Å²) in [7, 11) is 0. The maximum absolute atomic E-state index is 4.65. The molecular formula is C16H25N5S. The average molecular weight is 319 g/mol. The third kappa shape index (κ3) is 5.52. The van der Waals surface area contributed by atoms with E-state index in [1.807, 2.05) is 34.5 Å². The number of hydrogen-bond donors (Lipinski definition) is 2. The summed E-state index contributed by atoms with van der Waals surface area (Å²) in [5, 5.41) is 10.9. The summed E-state index contributed by atoms with van der Waals surface area (Å²) in [5.41, 5.74) is 0. The van der Waals surface area contributed by atoms with Crippen LogP contribution in [-0.2, 0) is 19.5 Å². The summed E-state index contributed by atoms with van der Waals surface area (Å²) in [5.74, 6) is 0.884. The number of aromatic nitrogens is 2. The van der Waals surface area contributed by atoms with E-state index in [2.05, 4.69) is 46.7 Å². The van der Waals surface area contributed by atoms with E-state index in [0.717, 1.165) is 45.0 Å². The molecule has 0 aliphatic rings. The van der Waals surface area contributed by atoms with Gasteiger partial charge in [0.15, 0.2) is 5.96 Å². The fourth-order valence-corrected chi connectivity index (χ4v) is 2.96. The van der Waals surface area contributed by atoms with Crippen LogP contribution in [0.1, 0.15) is 30.0 Å². The molecule has 0 spiro atoms. The largest absolute Gasteiger partial charge is 0.357 e. The SMILES string of the molecule is CCNC(=NCc1ccc(CC)s1)NCCCn1cccn1. The Hall–Kier alpha value is -1.82. The molecule has 2 aromatic heterocycles. The maximum atomic E-state index is 4.65. The lowest BCUT2D eigenvalue weighted by Crippen LogP contribution is -2.38. The number of aliphatic imine (C=N–C) groups is 1. The molecule has 0 aromatic carbocycles. The molecule has 2 rings (SSSR count). The van der Waals surface area contributed by atoms with Gasteiger partial charge in [0.05, 0.1) is 6.54 Å². The van der Waals surface area contributed by atoms with Crippen molar-refractivity contribution in [1.82, 2.24) is 20.4 Å². The third-order valence-electron chi connectivity index (χ3n) is 3.22. The predicted molar refractivity (Wildman–Crippen MR) is 93.4 cm³/mol. The van der Waals surface area contributed by atoms with E-state index in [-0.39, 0.29) is 0 Å². The van der Waals surface area contributed by atoms with Gasteiger partial charge in [0.1, 0.15) is 0 Å². The molecule has 0 unspecified atom stereocenters. The lowest BCUT2D eigenvalue weighted by molar-refractivity contribution is 0.570. The maximum Gasteiger partial charge on any atom is 0.191 e. The van der Waals surface area contributed by atoms with Gasteiger partial charge < -0.3 is 10.6 Å². The number of hydrogen-bond acceptors (Lipinski definition) is 3. The summed E-state index contributed by atoms with van der Waals surface area (Å²) < 4.78 is 1.95. The van der Waals surface area contributed by atoms with Crippen molar-refractivity contribution in [2.24, 2.45) is 4.99 Å². The van der Waals surface area contributed by atoms with Crippen LogP contribution in [0.15, 0.2) is 35.6 Å². The Kier molecular flexibility index (Phi) is 6.96. The van der Waals surface area contributed by atoms with Crippen molar-refractivity contribution in [3.63, 3.8) is 0 Å². The van der Waals surface area contributed by atoms with Crippen LogP contribution in [0.5, 0.6) is 0 Å². The van der Waals surface area contributed by atoms with Gasteiger partial charge in [-0.15, -0.1) is 11.3 Å². The van der Waals surface area contributed by atoms with Gasteiger partial charge in [-0.3, -0.25) is 4.68 Å². The number of nitrogens with zero attached hydrogens (tertiary/aromatic N) is 3. The third-order valence-corrected chi connectivity index (χ3v) is 4.43. The van der Waals surface area contributed by atoms with Gasteiger partial charge in [-0.05, 0) is 38.0 Å². The minimum absolute atomic E-state index is 0.735. The van der Waals surface area contributed by atoms with Gasteiger partial charge in [-0.1, -0.05) is 6.92 Å². The van der Waals surface area contributed by atoms with Crippen molar-refractivity contribution in [3.05, 3.63) is 40.3 Å². The molecule has 22 heavy (non-hydrogen) atoms. The van der Waals surface area contributed by atoms with E-state index in [9.17, 15) is 0 Å². The molecule has 6 heteroatoms. The minimum Gasteiger partial charge on any atom is -0.357 e. The highest BCUT2D eigenvalue weighted by Crippen LogP contribution is 2.17. The summed E-state index contributed by atoms with van der Waals surface area (Å²) in [6.07, 6.45) is 5.91. The molecule has 0 fully saturated rings. The summed E-state index contributed by atoms with van der Waals surface area (Å²) in [6.45, 7) is 7.68. The first-order valence-corrected chi connectivity index (χ1v) is 8.70. The number of aryl methyl sites for hydroxylation is 2. The van der Waals surface area contributed by atoms with Crippen molar-refractivity contribution in [1.29, 1.82) is 0 Å². The molecule has 0 atom stereocenters. The van der Waals surface area contributed by atoms with Crippen LogP contribution in [0.3, 0.4) is 0 Å². The average Bonchev–Trinajstić information content (AvgIpc) is 3.20. The van der Waals surface area contributed by atoms with Crippen molar-refractivity contribution < 1.29 is 0 Å². The Labute approximate surface area is 136 Å². The highest BCUT2D eigenvalue weighted by molar-refractivity contribution is 7.11. The molecule has 0 radical (unpaired) electrons. The van der Waals surface area contributed by atoms with Crippen molar-refractivity contribution in [3.8, 4) is 0 Å². The number of guanidine groups is 1. The van der Waals surface area contributed by atoms with Crippen LogP contribution in [0.25, 0.3) is 0 Å². The first-order valence-electron chi connectivity index (χ1n) is 7.89. The van der Waals surface area contributed by atoms with E-state index < -0.39 is 0 Å². The molecule has 0 amide bonds. The van der Waals surface area contributed by atoms with Crippen LogP contribution < -0.4 is 10.6 Å². The number of rotatable bonds is 8. The molecule has 0 saturated heterocycles. The molecule has 120 valence electrons. The van der Waals surface area contributed by atoms with E-state index in [4.69, 9.17) is 0 Å². The van der Waals surface area contributed by atoms with Crippen LogP contribution in [-0.4, -0.2) is 28.8 Å². The van der Waals surface area contributed by atoms with Crippen molar-refractivity contribution in [2.75, 3.05) is 13.1 Å². The quantitative estimate of drug-likeness (QED) is 0.447. The Morgan fingerprint density at radius 2 is 2.14 bits per heavy atom.